The molecule has 1 atom stereocenters. The van der Waals surface area contributed by atoms with Gasteiger partial charge in [-0.3, -0.25) is 4.79 Å². The zero-order chi connectivity index (χ0) is 13.5. The van der Waals surface area contributed by atoms with E-state index in [0.29, 0.717) is 12.8 Å². The molecule has 0 aromatic rings. The lowest BCUT2D eigenvalue weighted by atomic mass is 10.1. The molecule has 0 saturated heterocycles. The van der Waals surface area contributed by atoms with Crippen LogP contribution in [-0.4, -0.2) is 23.3 Å². The summed E-state index contributed by atoms with van der Waals surface area (Å²) in [5, 5.41) is 0. The molecule has 0 amide bonds. The number of ketones is 1. The molecule has 0 aliphatic rings. The van der Waals surface area contributed by atoms with Crippen LogP contribution in [0.4, 0.5) is 0 Å². The Morgan fingerprint density at radius 1 is 1.18 bits per heavy atom. The van der Waals surface area contributed by atoms with E-state index in [4.69, 9.17) is 0 Å². The second-order valence-corrected chi connectivity index (χ2v) is 10.5. The molecule has 1 N–H and O–H groups in total. The summed E-state index contributed by atoms with van der Waals surface area (Å²) in [4.78, 5) is 22.4. The van der Waals surface area contributed by atoms with Crippen LogP contribution >= 0.6 is 12.6 Å². The maximum atomic E-state index is 12.2. The van der Waals surface area contributed by atoms with Crippen LogP contribution < -0.4 is 0 Å². The summed E-state index contributed by atoms with van der Waals surface area (Å²) in [5.41, 5.74) is 0. The van der Waals surface area contributed by atoms with E-state index in [1.165, 1.54) is 19.3 Å². The van der Waals surface area contributed by atoms with Gasteiger partial charge in [-0.1, -0.05) is 39.5 Å². The van der Waals surface area contributed by atoms with E-state index in [2.05, 4.69) is 19.6 Å². The molecule has 0 spiro atoms. The average Bonchev–Trinajstić information content (AvgIpc) is 2.25. The minimum absolute atomic E-state index is 0.138. The number of thiol groups is 1. The second kappa shape index (κ2) is 7.59. The van der Waals surface area contributed by atoms with Gasteiger partial charge in [-0.15, -0.1) is 0 Å². The van der Waals surface area contributed by atoms with Crippen molar-refractivity contribution in [2.24, 2.45) is 0 Å². The third kappa shape index (κ3) is 5.14. The molecule has 0 saturated carbocycles. The third-order valence-electron chi connectivity index (χ3n) is 3.49. The lowest BCUT2D eigenvalue weighted by Gasteiger charge is -2.35. The molecule has 0 radical (unpaired) electrons. The predicted molar refractivity (Wildman–Crippen MR) is 80.1 cm³/mol. The largest absolute Gasteiger partial charge is 0.430 e. The third-order valence-corrected chi connectivity index (χ3v) is 8.36. The molecular weight excluding hydrogens is 248 g/mol. The first kappa shape index (κ1) is 17.2. The fourth-order valence-corrected chi connectivity index (χ4v) is 3.85. The highest BCUT2D eigenvalue weighted by atomic mass is 32.1. The van der Waals surface area contributed by atoms with Gasteiger partial charge in [0, 0.05) is 6.42 Å². The van der Waals surface area contributed by atoms with Crippen molar-refractivity contribution in [3.05, 3.63) is 0 Å². The van der Waals surface area contributed by atoms with Crippen molar-refractivity contribution in [3.63, 3.8) is 0 Å². The van der Waals surface area contributed by atoms with Gasteiger partial charge < -0.3 is 4.80 Å². The lowest BCUT2D eigenvalue weighted by Crippen LogP contribution is -2.55. The van der Waals surface area contributed by atoms with Gasteiger partial charge in [0.2, 0.25) is 8.32 Å². The number of hydrogen-bond donors (Lipinski definition) is 2. The van der Waals surface area contributed by atoms with Crippen molar-refractivity contribution in [2.75, 3.05) is 0 Å². The molecule has 0 rings (SSSR count). The van der Waals surface area contributed by atoms with Gasteiger partial charge in [-0.2, -0.15) is 12.6 Å². The van der Waals surface area contributed by atoms with Crippen LogP contribution in [0.3, 0.4) is 0 Å². The number of carbonyl (C=O) groups is 1. The monoisotopic (exact) mass is 276 g/mol. The van der Waals surface area contributed by atoms with Crippen LogP contribution in [0, 0.1) is 0 Å². The van der Waals surface area contributed by atoms with Crippen molar-refractivity contribution >= 4 is 26.7 Å². The van der Waals surface area contributed by atoms with Gasteiger partial charge in [-0.25, -0.2) is 0 Å². The first-order chi connectivity index (χ1) is 7.79. The summed E-state index contributed by atoms with van der Waals surface area (Å²) < 4.78 is -0.766. The Balaban J connectivity index is 4.19. The van der Waals surface area contributed by atoms with E-state index in [9.17, 15) is 9.59 Å². The Hall–Kier alpha value is 0.197. The molecule has 0 aliphatic heterocycles. The first-order valence-corrected chi connectivity index (χ1v) is 10.2. The molecule has 0 bridgehead atoms. The molecule has 2 nitrogen and oxygen atoms in total. The SMILES string of the molecule is CCCCCCCC(=O)C(S)(CC)[Si](C)(C)O. The minimum atomic E-state index is -2.53. The molecule has 0 heterocycles. The number of rotatable bonds is 9. The lowest BCUT2D eigenvalue weighted by molar-refractivity contribution is -0.120. The fraction of sp³-hybridized carbons (Fsp3) is 0.923. The second-order valence-electron chi connectivity index (χ2n) is 5.36. The van der Waals surface area contributed by atoms with Crippen LogP contribution in [0.25, 0.3) is 0 Å². The molecule has 0 aromatic heterocycles. The normalized spacial score (nSPS) is 15.6. The summed E-state index contributed by atoms with van der Waals surface area (Å²) in [6, 6.07) is 0. The predicted octanol–water partition coefficient (Wildman–Crippen LogP) is 3.73. The smallest absolute Gasteiger partial charge is 0.205 e. The van der Waals surface area contributed by atoms with Crippen LogP contribution in [0.2, 0.25) is 13.1 Å². The van der Waals surface area contributed by atoms with Gasteiger partial charge in [0.25, 0.3) is 0 Å². The number of unbranched alkanes of at least 4 members (excludes halogenated alkanes) is 4. The summed E-state index contributed by atoms with van der Waals surface area (Å²) in [7, 11) is -2.53. The highest BCUT2D eigenvalue weighted by molar-refractivity contribution is 7.85. The first-order valence-electron chi connectivity index (χ1n) is 6.77. The van der Waals surface area contributed by atoms with Gasteiger partial charge in [0.1, 0.15) is 5.78 Å². The van der Waals surface area contributed by atoms with Crippen molar-refractivity contribution in [3.8, 4) is 0 Å². The summed E-state index contributed by atoms with van der Waals surface area (Å²) in [5.74, 6) is 0.138. The topological polar surface area (TPSA) is 37.3 Å². The Labute approximate surface area is 113 Å². The molecule has 0 fully saturated rings. The highest BCUT2D eigenvalue weighted by Gasteiger charge is 2.47. The van der Waals surface area contributed by atoms with E-state index in [0.717, 1.165) is 12.8 Å². The van der Waals surface area contributed by atoms with Crippen molar-refractivity contribution in [2.45, 2.75) is 76.3 Å². The van der Waals surface area contributed by atoms with Gasteiger partial charge in [0.05, 0.1) is 4.37 Å². The zero-order valence-corrected chi connectivity index (χ0v) is 13.6. The number of Topliss-reactive ketones (excluding diaryl/α,β-unsaturated/α-hetero) is 1. The van der Waals surface area contributed by atoms with E-state index in [-0.39, 0.29) is 5.78 Å². The highest BCUT2D eigenvalue weighted by Crippen LogP contribution is 2.32. The van der Waals surface area contributed by atoms with Crippen LogP contribution in [-0.2, 0) is 4.79 Å². The Morgan fingerprint density at radius 2 is 1.71 bits per heavy atom. The maximum Gasteiger partial charge on any atom is 0.205 e. The number of hydrogen-bond acceptors (Lipinski definition) is 3. The summed E-state index contributed by atoms with van der Waals surface area (Å²) in [6.45, 7) is 7.73. The Bertz CT molecular complexity index is 238. The quantitative estimate of drug-likeness (QED) is 0.382. The molecule has 0 aliphatic carbocycles. The molecule has 1 unspecified atom stereocenters. The molecule has 102 valence electrons. The van der Waals surface area contributed by atoms with Crippen LogP contribution in [0.5, 0.6) is 0 Å². The van der Waals surface area contributed by atoms with E-state index in [1.54, 1.807) is 13.1 Å². The average molecular weight is 277 g/mol. The standard InChI is InChI=1S/C13H28O2SSi/c1-5-7-8-9-10-11-12(14)13(16,6-2)17(3,4)15/h15-16H,5-11H2,1-4H3. The van der Waals surface area contributed by atoms with Gasteiger partial charge >= 0.3 is 0 Å². The molecular formula is C13H28O2SSi. The fourth-order valence-electron chi connectivity index (χ4n) is 2.07. The molecule has 4 heteroatoms. The van der Waals surface area contributed by atoms with Crippen LogP contribution in [0.15, 0.2) is 0 Å². The summed E-state index contributed by atoms with van der Waals surface area (Å²) in [6.07, 6.45) is 6.91. The van der Waals surface area contributed by atoms with E-state index in [1.807, 2.05) is 6.92 Å². The zero-order valence-electron chi connectivity index (χ0n) is 11.8. The van der Waals surface area contributed by atoms with E-state index >= 15 is 0 Å². The summed E-state index contributed by atoms with van der Waals surface area (Å²) >= 11 is 4.50. The van der Waals surface area contributed by atoms with Gasteiger partial charge in [-0.05, 0) is 25.9 Å². The Kier molecular flexibility index (Phi) is 7.68. The van der Waals surface area contributed by atoms with Crippen molar-refractivity contribution in [1.82, 2.24) is 0 Å². The number of carbonyl (C=O) groups excluding carboxylic acids is 1. The van der Waals surface area contributed by atoms with Crippen molar-refractivity contribution < 1.29 is 9.59 Å². The van der Waals surface area contributed by atoms with Crippen LogP contribution in [0.1, 0.15) is 58.8 Å². The van der Waals surface area contributed by atoms with Gasteiger partial charge in [0.15, 0.2) is 0 Å². The minimum Gasteiger partial charge on any atom is -0.430 e. The maximum absolute atomic E-state index is 12.2. The molecule has 0 aromatic carbocycles. The van der Waals surface area contributed by atoms with Crippen molar-refractivity contribution in [1.29, 1.82) is 0 Å². The molecule has 17 heavy (non-hydrogen) atoms. The Morgan fingerprint density at radius 3 is 2.12 bits per heavy atom. The van der Waals surface area contributed by atoms with E-state index < -0.39 is 12.7 Å².